The SMILES string of the molecule is CN(Cc1cc(Br)cs1)c1ncc(Br)cc1[N+](=O)[O-]. The van der Waals surface area contributed by atoms with Crippen LogP contribution in [0.2, 0.25) is 0 Å². The van der Waals surface area contributed by atoms with Crippen molar-refractivity contribution in [2.24, 2.45) is 0 Å². The zero-order valence-electron chi connectivity index (χ0n) is 9.84. The molecule has 0 atom stereocenters. The number of thiophene rings is 1. The van der Waals surface area contributed by atoms with Crippen LogP contribution >= 0.6 is 43.2 Å². The van der Waals surface area contributed by atoms with Crippen LogP contribution in [0.5, 0.6) is 0 Å². The molecule has 0 saturated carbocycles. The van der Waals surface area contributed by atoms with E-state index in [1.165, 1.54) is 6.07 Å². The molecule has 0 amide bonds. The second-order valence-corrected chi connectivity index (χ2v) is 6.67. The van der Waals surface area contributed by atoms with E-state index >= 15 is 0 Å². The average molecular weight is 407 g/mol. The number of rotatable bonds is 4. The van der Waals surface area contributed by atoms with Crippen LogP contribution in [0.3, 0.4) is 0 Å². The van der Waals surface area contributed by atoms with Gasteiger partial charge in [0.1, 0.15) is 0 Å². The third kappa shape index (κ3) is 3.52. The standard InChI is InChI=1S/C11H9Br2N3O2S/c1-15(5-9-2-8(13)6-19-9)11-10(16(17)18)3-7(12)4-14-11/h2-4,6H,5H2,1H3. The molecule has 0 radical (unpaired) electrons. The van der Waals surface area contributed by atoms with Gasteiger partial charge in [-0.25, -0.2) is 4.98 Å². The Morgan fingerprint density at radius 1 is 1.42 bits per heavy atom. The fourth-order valence-electron chi connectivity index (χ4n) is 1.60. The molecule has 0 N–H and O–H groups in total. The van der Waals surface area contributed by atoms with Gasteiger partial charge in [-0.15, -0.1) is 11.3 Å². The molecule has 0 bridgehead atoms. The van der Waals surface area contributed by atoms with Crippen molar-refractivity contribution >= 4 is 54.7 Å². The molecule has 2 rings (SSSR count). The molecule has 0 spiro atoms. The minimum atomic E-state index is -0.423. The Morgan fingerprint density at radius 3 is 2.74 bits per heavy atom. The molecule has 0 fully saturated rings. The molecule has 0 aromatic carbocycles. The highest BCUT2D eigenvalue weighted by Crippen LogP contribution is 2.30. The van der Waals surface area contributed by atoms with Gasteiger partial charge in [0.15, 0.2) is 0 Å². The van der Waals surface area contributed by atoms with Gasteiger partial charge in [0.2, 0.25) is 5.82 Å². The summed E-state index contributed by atoms with van der Waals surface area (Å²) < 4.78 is 1.61. The van der Waals surface area contributed by atoms with E-state index in [0.29, 0.717) is 16.8 Å². The second kappa shape index (κ2) is 5.98. The summed E-state index contributed by atoms with van der Waals surface area (Å²) in [5, 5.41) is 13.0. The molecule has 2 aromatic heterocycles. The number of nitrogens with zero attached hydrogens (tertiary/aromatic N) is 3. The van der Waals surface area contributed by atoms with E-state index in [1.54, 1.807) is 29.5 Å². The van der Waals surface area contributed by atoms with Crippen molar-refractivity contribution in [1.29, 1.82) is 0 Å². The highest BCUT2D eigenvalue weighted by atomic mass is 79.9. The fourth-order valence-corrected chi connectivity index (χ4v) is 3.42. The summed E-state index contributed by atoms with van der Waals surface area (Å²) in [6, 6.07) is 3.45. The molecule has 2 aromatic rings. The van der Waals surface area contributed by atoms with E-state index < -0.39 is 4.92 Å². The molecule has 0 aliphatic carbocycles. The third-order valence-corrected chi connectivity index (χ3v) is 4.50. The number of nitro groups is 1. The van der Waals surface area contributed by atoms with Gasteiger partial charge in [-0.1, -0.05) is 0 Å². The van der Waals surface area contributed by atoms with Gasteiger partial charge in [-0.2, -0.15) is 0 Å². The van der Waals surface area contributed by atoms with E-state index in [9.17, 15) is 10.1 Å². The van der Waals surface area contributed by atoms with Crippen LogP contribution in [0.1, 0.15) is 4.88 Å². The average Bonchev–Trinajstić information content (AvgIpc) is 2.74. The molecular weight excluding hydrogens is 398 g/mol. The van der Waals surface area contributed by atoms with Crippen molar-refractivity contribution in [3.05, 3.63) is 47.6 Å². The number of pyridine rings is 1. The topological polar surface area (TPSA) is 59.3 Å². The van der Waals surface area contributed by atoms with Crippen LogP contribution in [-0.4, -0.2) is 17.0 Å². The summed E-state index contributed by atoms with van der Waals surface area (Å²) in [6.07, 6.45) is 1.56. The highest BCUT2D eigenvalue weighted by Gasteiger charge is 2.19. The molecule has 8 heteroatoms. The van der Waals surface area contributed by atoms with Crippen LogP contribution < -0.4 is 4.90 Å². The second-order valence-electron chi connectivity index (χ2n) is 3.84. The minimum absolute atomic E-state index is 0.00695. The van der Waals surface area contributed by atoms with E-state index in [0.717, 1.165) is 9.35 Å². The lowest BCUT2D eigenvalue weighted by molar-refractivity contribution is -0.384. The summed E-state index contributed by atoms with van der Waals surface area (Å²) in [4.78, 5) is 17.6. The zero-order valence-corrected chi connectivity index (χ0v) is 13.8. The van der Waals surface area contributed by atoms with E-state index in [4.69, 9.17) is 0 Å². The molecular formula is C11H9Br2N3O2S. The van der Waals surface area contributed by atoms with Gasteiger partial charge in [-0.05, 0) is 37.9 Å². The fraction of sp³-hybridized carbons (Fsp3) is 0.182. The maximum atomic E-state index is 11.0. The van der Waals surface area contributed by atoms with Gasteiger partial charge in [0, 0.05) is 38.5 Å². The van der Waals surface area contributed by atoms with Crippen molar-refractivity contribution in [2.45, 2.75) is 6.54 Å². The van der Waals surface area contributed by atoms with Gasteiger partial charge in [0.05, 0.1) is 11.5 Å². The molecule has 0 unspecified atom stereocenters. The van der Waals surface area contributed by atoms with Crippen molar-refractivity contribution in [3.8, 4) is 0 Å². The first-order valence-electron chi connectivity index (χ1n) is 5.21. The normalized spacial score (nSPS) is 10.5. The Morgan fingerprint density at radius 2 is 2.16 bits per heavy atom. The lowest BCUT2D eigenvalue weighted by atomic mass is 10.3. The molecule has 0 aliphatic heterocycles. The Hall–Kier alpha value is -0.990. The maximum absolute atomic E-state index is 11.0. The van der Waals surface area contributed by atoms with Crippen LogP contribution in [0.15, 0.2) is 32.7 Å². The van der Waals surface area contributed by atoms with Crippen LogP contribution in [-0.2, 0) is 6.54 Å². The number of hydrogen-bond acceptors (Lipinski definition) is 5. The van der Waals surface area contributed by atoms with Crippen molar-refractivity contribution in [1.82, 2.24) is 4.98 Å². The molecule has 5 nitrogen and oxygen atoms in total. The molecule has 0 saturated heterocycles. The predicted octanol–water partition coefficient (Wildman–Crippen LogP) is 4.21. The lowest BCUT2D eigenvalue weighted by Crippen LogP contribution is -2.18. The molecule has 19 heavy (non-hydrogen) atoms. The summed E-state index contributed by atoms with van der Waals surface area (Å²) in [6.45, 7) is 0.575. The summed E-state index contributed by atoms with van der Waals surface area (Å²) in [5.74, 6) is 0.359. The Labute approximate surface area is 130 Å². The lowest BCUT2D eigenvalue weighted by Gasteiger charge is -2.16. The Kier molecular flexibility index (Phi) is 4.54. The van der Waals surface area contributed by atoms with Crippen molar-refractivity contribution in [3.63, 3.8) is 0 Å². The molecule has 0 aliphatic rings. The number of aromatic nitrogens is 1. The Balaban J connectivity index is 2.28. The number of hydrogen-bond donors (Lipinski definition) is 0. The van der Waals surface area contributed by atoms with E-state index in [1.807, 2.05) is 11.4 Å². The minimum Gasteiger partial charge on any atom is -0.349 e. The van der Waals surface area contributed by atoms with E-state index in [2.05, 4.69) is 36.8 Å². The van der Waals surface area contributed by atoms with E-state index in [-0.39, 0.29) is 5.69 Å². The summed E-state index contributed by atoms with van der Waals surface area (Å²) in [5.41, 5.74) is -0.00695. The van der Waals surface area contributed by atoms with Crippen molar-refractivity contribution < 1.29 is 4.92 Å². The predicted molar refractivity (Wildman–Crippen MR) is 82.7 cm³/mol. The first-order valence-corrected chi connectivity index (χ1v) is 7.68. The van der Waals surface area contributed by atoms with Gasteiger partial charge < -0.3 is 4.90 Å². The number of halogens is 2. The molecule has 100 valence electrons. The van der Waals surface area contributed by atoms with Crippen molar-refractivity contribution in [2.75, 3.05) is 11.9 Å². The summed E-state index contributed by atoms with van der Waals surface area (Å²) in [7, 11) is 1.79. The largest absolute Gasteiger partial charge is 0.349 e. The first-order chi connectivity index (χ1) is 8.97. The smallest absolute Gasteiger partial charge is 0.312 e. The summed E-state index contributed by atoms with van der Waals surface area (Å²) >= 11 is 8.18. The van der Waals surface area contributed by atoms with Gasteiger partial charge in [0.25, 0.3) is 0 Å². The third-order valence-electron chi connectivity index (χ3n) is 2.39. The number of anilines is 1. The van der Waals surface area contributed by atoms with Gasteiger partial charge >= 0.3 is 5.69 Å². The quantitative estimate of drug-likeness (QED) is 0.563. The van der Waals surface area contributed by atoms with Crippen LogP contribution in [0.4, 0.5) is 11.5 Å². The molecule has 2 heterocycles. The zero-order chi connectivity index (χ0) is 14.0. The Bertz CT molecular complexity index is 618. The first kappa shape index (κ1) is 14.4. The van der Waals surface area contributed by atoms with Crippen LogP contribution in [0, 0.1) is 10.1 Å². The van der Waals surface area contributed by atoms with Crippen LogP contribution in [0.25, 0.3) is 0 Å². The highest BCUT2D eigenvalue weighted by molar-refractivity contribution is 9.10. The maximum Gasteiger partial charge on any atom is 0.312 e. The van der Waals surface area contributed by atoms with Gasteiger partial charge in [-0.3, -0.25) is 10.1 Å². The monoisotopic (exact) mass is 405 g/mol.